The lowest BCUT2D eigenvalue weighted by molar-refractivity contribution is -0.132. The highest BCUT2D eigenvalue weighted by molar-refractivity contribution is 6.04. The number of piperazine rings is 1. The Hall–Kier alpha value is -1.95. The molecule has 1 fully saturated rings. The summed E-state index contributed by atoms with van der Waals surface area (Å²) < 4.78 is 13.9. The average molecular weight is 265 g/mol. The molecule has 6 heteroatoms. The van der Waals surface area contributed by atoms with Crippen molar-refractivity contribution in [3.05, 3.63) is 29.6 Å². The van der Waals surface area contributed by atoms with Crippen molar-refractivity contribution in [1.29, 1.82) is 0 Å². The first-order valence-corrected chi connectivity index (χ1v) is 6.07. The fourth-order valence-electron chi connectivity index (χ4n) is 2.18. The number of carbonyl (C=O) groups excluding carboxylic acids is 2. The van der Waals surface area contributed by atoms with Gasteiger partial charge in [-0.15, -0.1) is 0 Å². The molecule has 0 aliphatic carbocycles. The third-order valence-electron chi connectivity index (χ3n) is 3.18. The molecule has 102 valence electrons. The average Bonchev–Trinajstić information content (AvgIpc) is 2.36. The summed E-state index contributed by atoms with van der Waals surface area (Å²) in [5.41, 5.74) is 1.03. The van der Waals surface area contributed by atoms with Crippen molar-refractivity contribution in [1.82, 2.24) is 10.6 Å². The summed E-state index contributed by atoms with van der Waals surface area (Å²) >= 11 is 0. The number of hydrogen-bond donors (Lipinski definition) is 2. The van der Waals surface area contributed by atoms with Crippen molar-refractivity contribution < 1.29 is 14.0 Å². The molecule has 1 heterocycles. The molecule has 1 aliphatic rings. The van der Waals surface area contributed by atoms with Gasteiger partial charge in [0.2, 0.25) is 11.8 Å². The van der Waals surface area contributed by atoms with E-state index in [0.717, 1.165) is 0 Å². The number of nitrogens with one attached hydrogen (secondary N) is 2. The molecule has 5 nitrogen and oxygen atoms in total. The van der Waals surface area contributed by atoms with Crippen LogP contribution in [0.3, 0.4) is 0 Å². The van der Waals surface area contributed by atoms with Gasteiger partial charge in [0.25, 0.3) is 0 Å². The molecule has 0 bridgehead atoms. The SMILES string of the molecule is CNCc1c(F)cccc1N1CC(=O)NC(=O)C1C. The largest absolute Gasteiger partial charge is 0.350 e. The minimum atomic E-state index is -0.505. The van der Waals surface area contributed by atoms with Crippen molar-refractivity contribution in [2.75, 3.05) is 18.5 Å². The normalized spacial score (nSPS) is 19.5. The van der Waals surface area contributed by atoms with Crippen molar-refractivity contribution >= 4 is 17.5 Å². The van der Waals surface area contributed by atoms with Crippen LogP contribution in [0.25, 0.3) is 0 Å². The molecule has 0 spiro atoms. The number of halogens is 1. The van der Waals surface area contributed by atoms with Crippen LogP contribution in [0.2, 0.25) is 0 Å². The lowest BCUT2D eigenvalue weighted by Gasteiger charge is -2.34. The number of rotatable bonds is 3. The van der Waals surface area contributed by atoms with Gasteiger partial charge in [0, 0.05) is 17.8 Å². The van der Waals surface area contributed by atoms with Crippen LogP contribution in [0.15, 0.2) is 18.2 Å². The van der Waals surface area contributed by atoms with Gasteiger partial charge in [0.1, 0.15) is 11.9 Å². The van der Waals surface area contributed by atoms with Crippen LogP contribution < -0.4 is 15.5 Å². The predicted molar refractivity (Wildman–Crippen MR) is 69.1 cm³/mol. The van der Waals surface area contributed by atoms with Crippen molar-refractivity contribution in [2.24, 2.45) is 0 Å². The van der Waals surface area contributed by atoms with E-state index >= 15 is 0 Å². The molecule has 1 unspecified atom stereocenters. The number of imide groups is 1. The van der Waals surface area contributed by atoms with Crippen LogP contribution in [-0.4, -0.2) is 31.4 Å². The predicted octanol–water partition coefficient (Wildman–Crippen LogP) is 0.396. The summed E-state index contributed by atoms with van der Waals surface area (Å²) in [7, 11) is 1.72. The fraction of sp³-hybridized carbons (Fsp3) is 0.385. The number of amides is 2. The summed E-state index contributed by atoms with van der Waals surface area (Å²) in [6.45, 7) is 2.07. The van der Waals surface area contributed by atoms with Gasteiger partial charge in [0.15, 0.2) is 0 Å². The van der Waals surface area contributed by atoms with Crippen molar-refractivity contribution in [2.45, 2.75) is 19.5 Å². The topological polar surface area (TPSA) is 61.4 Å². The zero-order valence-corrected chi connectivity index (χ0v) is 10.9. The van der Waals surface area contributed by atoms with Gasteiger partial charge in [-0.2, -0.15) is 0 Å². The van der Waals surface area contributed by atoms with Crippen LogP contribution in [0.1, 0.15) is 12.5 Å². The Morgan fingerprint density at radius 1 is 1.47 bits per heavy atom. The van der Waals surface area contributed by atoms with Gasteiger partial charge >= 0.3 is 0 Å². The van der Waals surface area contributed by atoms with Crippen LogP contribution in [0.5, 0.6) is 0 Å². The highest BCUT2D eigenvalue weighted by Crippen LogP contribution is 2.26. The second-order valence-electron chi connectivity index (χ2n) is 4.48. The maximum Gasteiger partial charge on any atom is 0.249 e. The highest BCUT2D eigenvalue weighted by atomic mass is 19.1. The third kappa shape index (κ3) is 2.58. The van der Waals surface area contributed by atoms with Crippen molar-refractivity contribution in [3.8, 4) is 0 Å². The molecule has 0 radical (unpaired) electrons. The lowest BCUT2D eigenvalue weighted by Crippen LogP contribution is -2.57. The summed E-state index contributed by atoms with van der Waals surface area (Å²) in [6.07, 6.45) is 0. The molecule has 0 saturated carbocycles. The van der Waals surface area contributed by atoms with E-state index < -0.39 is 6.04 Å². The molecule has 1 aromatic carbocycles. The van der Waals surface area contributed by atoms with E-state index in [1.807, 2.05) is 0 Å². The van der Waals surface area contributed by atoms with Gasteiger partial charge in [-0.3, -0.25) is 14.9 Å². The monoisotopic (exact) mass is 265 g/mol. The highest BCUT2D eigenvalue weighted by Gasteiger charge is 2.31. The Kier molecular flexibility index (Phi) is 3.80. The Morgan fingerprint density at radius 2 is 2.21 bits per heavy atom. The Balaban J connectivity index is 2.42. The standard InChI is InChI=1S/C13H16FN3O2/c1-8-13(19)16-12(18)7-17(8)11-5-3-4-10(14)9(11)6-15-2/h3-5,8,15H,6-7H2,1-2H3,(H,16,18,19). The number of nitrogens with zero attached hydrogens (tertiary/aromatic N) is 1. The summed E-state index contributed by atoms with van der Waals surface area (Å²) in [6, 6.07) is 4.16. The molecule has 19 heavy (non-hydrogen) atoms. The Labute approximate surface area is 110 Å². The second-order valence-corrected chi connectivity index (χ2v) is 4.48. The molecule has 1 aliphatic heterocycles. The molecule has 1 saturated heterocycles. The molecule has 1 aromatic rings. The van der Waals surface area contributed by atoms with Crippen LogP contribution in [0, 0.1) is 5.82 Å². The molecule has 1 atom stereocenters. The molecular weight excluding hydrogens is 249 g/mol. The van der Waals surface area contributed by atoms with E-state index in [4.69, 9.17) is 0 Å². The fourth-order valence-corrected chi connectivity index (χ4v) is 2.18. The van der Waals surface area contributed by atoms with E-state index in [-0.39, 0.29) is 24.2 Å². The lowest BCUT2D eigenvalue weighted by atomic mass is 10.1. The molecule has 0 aromatic heterocycles. The maximum absolute atomic E-state index is 13.9. The number of anilines is 1. The summed E-state index contributed by atoms with van der Waals surface area (Å²) in [5, 5.41) is 5.16. The van der Waals surface area contributed by atoms with Gasteiger partial charge in [0.05, 0.1) is 6.54 Å². The summed E-state index contributed by atoms with van der Waals surface area (Å²) in [4.78, 5) is 24.8. The molecule has 2 N–H and O–H groups in total. The quantitative estimate of drug-likeness (QED) is 0.776. The van der Waals surface area contributed by atoms with E-state index in [0.29, 0.717) is 17.8 Å². The zero-order valence-electron chi connectivity index (χ0n) is 10.9. The smallest absolute Gasteiger partial charge is 0.249 e. The van der Waals surface area contributed by atoms with Gasteiger partial charge in [-0.1, -0.05) is 6.07 Å². The minimum absolute atomic E-state index is 0.0487. The summed E-state index contributed by atoms with van der Waals surface area (Å²) in [5.74, 6) is -1.09. The van der Waals surface area contributed by atoms with Gasteiger partial charge < -0.3 is 10.2 Å². The van der Waals surface area contributed by atoms with E-state index in [1.165, 1.54) is 6.07 Å². The first-order valence-electron chi connectivity index (χ1n) is 6.07. The zero-order chi connectivity index (χ0) is 14.0. The van der Waals surface area contributed by atoms with Crippen molar-refractivity contribution in [3.63, 3.8) is 0 Å². The van der Waals surface area contributed by atoms with Crippen LogP contribution in [0.4, 0.5) is 10.1 Å². The Morgan fingerprint density at radius 3 is 2.89 bits per heavy atom. The van der Waals surface area contributed by atoms with E-state index in [9.17, 15) is 14.0 Å². The number of benzene rings is 1. The first kappa shape index (κ1) is 13.5. The molecule has 2 amide bonds. The van der Waals surface area contributed by atoms with Gasteiger partial charge in [-0.25, -0.2) is 4.39 Å². The molecular formula is C13H16FN3O2. The Bertz CT molecular complexity index is 519. The second kappa shape index (κ2) is 5.36. The van der Waals surface area contributed by atoms with E-state index in [2.05, 4.69) is 10.6 Å². The number of carbonyl (C=O) groups is 2. The van der Waals surface area contributed by atoms with Gasteiger partial charge in [-0.05, 0) is 26.1 Å². The first-order chi connectivity index (χ1) is 9.04. The third-order valence-corrected chi connectivity index (χ3v) is 3.18. The minimum Gasteiger partial charge on any atom is -0.350 e. The van der Waals surface area contributed by atoms with E-state index in [1.54, 1.807) is 31.0 Å². The maximum atomic E-state index is 13.9. The van der Waals surface area contributed by atoms with Crippen LogP contribution in [-0.2, 0) is 16.1 Å². The van der Waals surface area contributed by atoms with Crippen LogP contribution >= 0.6 is 0 Å². The molecule has 2 rings (SSSR count). The number of hydrogen-bond acceptors (Lipinski definition) is 4.